The smallest absolute Gasteiger partial charge is 0.0115 e. The normalized spacial score (nSPS) is 26.9. The van der Waals surface area contributed by atoms with E-state index in [4.69, 9.17) is 5.73 Å². The van der Waals surface area contributed by atoms with E-state index in [1.165, 1.54) is 5.57 Å². The van der Waals surface area contributed by atoms with Crippen molar-refractivity contribution in [2.75, 3.05) is 0 Å². The van der Waals surface area contributed by atoms with Crippen LogP contribution < -0.4 is 5.73 Å². The molecule has 1 rings (SSSR count). The first-order valence-electron chi connectivity index (χ1n) is 5.11. The summed E-state index contributed by atoms with van der Waals surface area (Å²) in [5.41, 5.74) is 8.18. The monoisotopic (exact) mass is 181 g/mol. The zero-order valence-electron chi connectivity index (χ0n) is 9.65. The van der Waals surface area contributed by atoms with E-state index in [0.717, 1.165) is 6.42 Å². The first-order chi connectivity index (χ1) is 5.71. The highest BCUT2D eigenvalue weighted by Crippen LogP contribution is 2.69. The van der Waals surface area contributed by atoms with Crippen molar-refractivity contribution in [1.82, 2.24) is 0 Å². The minimum absolute atomic E-state index is 0.294. The quantitative estimate of drug-likeness (QED) is 0.666. The average molecular weight is 181 g/mol. The lowest BCUT2D eigenvalue weighted by molar-refractivity contribution is 0.457. The zero-order valence-corrected chi connectivity index (χ0v) is 9.65. The molecule has 0 amide bonds. The second-order valence-corrected chi connectivity index (χ2v) is 5.75. The number of nitrogens with two attached hydrogens (primary N) is 1. The van der Waals surface area contributed by atoms with Gasteiger partial charge in [0, 0.05) is 6.04 Å². The minimum Gasteiger partial charge on any atom is -0.327 e. The van der Waals surface area contributed by atoms with Crippen LogP contribution in [-0.4, -0.2) is 6.04 Å². The maximum Gasteiger partial charge on any atom is 0.0115 e. The van der Waals surface area contributed by atoms with E-state index >= 15 is 0 Å². The predicted octanol–water partition coefficient (Wildman–Crippen LogP) is 2.96. The number of hydrogen-bond donors (Lipinski definition) is 1. The Labute approximate surface area is 82.4 Å². The lowest BCUT2D eigenvalue weighted by Gasteiger charge is -2.13. The Bertz CT molecular complexity index is 211. The predicted molar refractivity (Wildman–Crippen MR) is 58.5 cm³/mol. The Morgan fingerprint density at radius 2 is 1.69 bits per heavy atom. The first-order valence-corrected chi connectivity index (χ1v) is 5.11. The van der Waals surface area contributed by atoms with Crippen LogP contribution in [0.5, 0.6) is 0 Å². The van der Waals surface area contributed by atoms with Gasteiger partial charge < -0.3 is 5.73 Å². The van der Waals surface area contributed by atoms with Gasteiger partial charge in [-0.25, -0.2) is 0 Å². The van der Waals surface area contributed by atoms with Gasteiger partial charge in [0.05, 0.1) is 0 Å². The van der Waals surface area contributed by atoms with Crippen LogP contribution in [0.1, 0.15) is 41.0 Å². The third-order valence-electron chi connectivity index (χ3n) is 4.14. The van der Waals surface area contributed by atoms with Gasteiger partial charge in [-0.3, -0.25) is 0 Å². The second kappa shape index (κ2) is 2.84. The molecule has 76 valence electrons. The van der Waals surface area contributed by atoms with Gasteiger partial charge in [-0.05, 0) is 30.1 Å². The van der Waals surface area contributed by atoms with Gasteiger partial charge in [-0.15, -0.1) is 6.58 Å². The van der Waals surface area contributed by atoms with Crippen molar-refractivity contribution in [3.63, 3.8) is 0 Å². The maximum atomic E-state index is 6.17. The van der Waals surface area contributed by atoms with Gasteiger partial charge in [0.1, 0.15) is 0 Å². The molecule has 0 radical (unpaired) electrons. The molecule has 1 nitrogen and oxygen atoms in total. The molecule has 1 unspecified atom stereocenters. The molecule has 1 heteroatoms. The second-order valence-electron chi connectivity index (χ2n) is 5.75. The van der Waals surface area contributed by atoms with Crippen molar-refractivity contribution in [2.45, 2.75) is 47.1 Å². The Hall–Kier alpha value is -0.300. The standard InChI is InChI=1S/C12H23N/c1-8(2)7-9(13)10-11(3,4)12(10,5)6/h9-10H,1,7,13H2,2-6H3. The fraction of sp³-hybridized carbons (Fsp3) is 0.833. The molecule has 1 aliphatic carbocycles. The first kappa shape index (κ1) is 10.8. The van der Waals surface area contributed by atoms with Gasteiger partial charge in [-0.2, -0.15) is 0 Å². The van der Waals surface area contributed by atoms with Crippen LogP contribution in [0.25, 0.3) is 0 Å². The number of rotatable bonds is 3. The van der Waals surface area contributed by atoms with E-state index in [9.17, 15) is 0 Å². The molecular weight excluding hydrogens is 158 g/mol. The summed E-state index contributed by atoms with van der Waals surface area (Å²) in [5, 5.41) is 0. The summed E-state index contributed by atoms with van der Waals surface area (Å²) in [7, 11) is 0. The van der Waals surface area contributed by atoms with Gasteiger partial charge in [0.2, 0.25) is 0 Å². The van der Waals surface area contributed by atoms with Crippen molar-refractivity contribution in [2.24, 2.45) is 22.5 Å². The molecular formula is C12H23N. The fourth-order valence-electron chi connectivity index (χ4n) is 2.84. The van der Waals surface area contributed by atoms with E-state index in [1.54, 1.807) is 0 Å². The third-order valence-corrected chi connectivity index (χ3v) is 4.14. The molecule has 1 saturated carbocycles. The van der Waals surface area contributed by atoms with E-state index < -0.39 is 0 Å². The zero-order chi connectivity index (χ0) is 10.4. The fourth-order valence-corrected chi connectivity index (χ4v) is 2.84. The molecule has 0 spiro atoms. The van der Waals surface area contributed by atoms with E-state index in [1.807, 2.05) is 0 Å². The molecule has 2 N–H and O–H groups in total. The van der Waals surface area contributed by atoms with Crippen molar-refractivity contribution in [1.29, 1.82) is 0 Å². The lowest BCUT2D eigenvalue weighted by Crippen LogP contribution is -2.25. The molecule has 0 bridgehead atoms. The lowest BCUT2D eigenvalue weighted by atomic mass is 9.99. The maximum absolute atomic E-state index is 6.17. The third kappa shape index (κ3) is 1.54. The molecule has 0 aromatic heterocycles. The van der Waals surface area contributed by atoms with Crippen LogP contribution in [0.3, 0.4) is 0 Å². The van der Waals surface area contributed by atoms with Crippen molar-refractivity contribution >= 4 is 0 Å². The summed E-state index contributed by atoms with van der Waals surface area (Å²) in [6.45, 7) is 15.2. The van der Waals surface area contributed by atoms with Gasteiger partial charge >= 0.3 is 0 Å². The van der Waals surface area contributed by atoms with Crippen molar-refractivity contribution in [3.8, 4) is 0 Å². The largest absolute Gasteiger partial charge is 0.327 e. The highest BCUT2D eigenvalue weighted by Gasteiger charge is 2.66. The average Bonchev–Trinajstić information content (AvgIpc) is 2.20. The molecule has 1 atom stereocenters. The van der Waals surface area contributed by atoms with Crippen LogP contribution in [0, 0.1) is 16.7 Å². The summed E-state index contributed by atoms with van der Waals surface area (Å²) < 4.78 is 0. The molecule has 1 aliphatic rings. The van der Waals surface area contributed by atoms with Gasteiger partial charge in [0.15, 0.2) is 0 Å². The van der Waals surface area contributed by atoms with Crippen molar-refractivity contribution < 1.29 is 0 Å². The van der Waals surface area contributed by atoms with Crippen LogP contribution in [-0.2, 0) is 0 Å². The number of hydrogen-bond acceptors (Lipinski definition) is 1. The molecule has 0 saturated heterocycles. The van der Waals surface area contributed by atoms with E-state index in [0.29, 0.717) is 22.8 Å². The summed E-state index contributed by atoms with van der Waals surface area (Å²) in [6.07, 6.45) is 0.970. The van der Waals surface area contributed by atoms with Crippen LogP contribution in [0.2, 0.25) is 0 Å². The Balaban J connectivity index is 2.62. The summed E-state index contributed by atoms with van der Waals surface area (Å²) in [4.78, 5) is 0. The van der Waals surface area contributed by atoms with Gasteiger partial charge in [0.25, 0.3) is 0 Å². The van der Waals surface area contributed by atoms with Crippen LogP contribution in [0.15, 0.2) is 12.2 Å². The Morgan fingerprint density at radius 3 is 1.92 bits per heavy atom. The molecule has 0 aliphatic heterocycles. The molecule has 0 aromatic carbocycles. The Morgan fingerprint density at radius 1 is 1.31 bits per heavy atom. The molecule has 0 aromatic rings. The molecule has 0 heterocycles. The van der Waals surface area contributed by atoms with Crippen LogP contribution >= 0.6 is 0 Å². The van der Waals surface area contributed by atoms with Crippen LogP contribution in [0.4, 0.5) is 0 Å². The molecule has 13 heavy (non-hydrogen) atoms. The highest BCUT2D eigenvalue weighted by molar-refractivity contribution is 5.17. The molecule has 1 fully saturated rings. The highest BCUT2D eigenvalue weighted by atomic mass is 14.8. The Kier molecular flexibility index (Phi) is 2.36. The van der Waals surface area contributed by atoms with Crippen molar-refractivity contribution in [3.05, 3.63) is 12.2 Å². The SMILES string of the molecule is C=C(C)CC(N)C1C(C)(C)C1(C)C. The summed E-state index contributed by atoms with van der Waals surface area (Å²) in [6, 6.07) is 0.294. The topological polar surface area (TPSA) is 26.0 Å². The van der Waals surface area contributed by atoms with E-state index in [2.05, 4.69) is 41.2 Å². The minimum atomic E-state index is 0.294. The van der Waals surface area contributed by atoms with Gasteiger partial charge in [-0.1, -0.05) is 33.3 Å². The summed E-state index contributed by atoms with van der Waals surface area (Å²) >= 11 is 0. The summed E-state index contributed by atoms with van der Waals surface area (Å²) in [5.74, 6) is 0.650. The van der Waals surface area contributed by atoms with E-state index in [-0.39, 0.29) is 0 Å².